The van der Waals surface area contributed by atoms with Gasteiger partial charge in [-0.15, -0.1) is 0 Å². The Kier molecular flexibility index (Phi) is 2.87. The second-order valence-corrected chi connectivity index (χ2v) is 5.75. The Hall–Kier alpha value is -0.960. The van der Waals surface area contributed by atoms with Gasteiger partial charge in [-0.2, -0.15) is 0 Å². The molecule has 3 rings (SSSR count). The zero-order valence-electron chi connectivity index (χ0n) is 8.88. The Morgan fingerprint density at radius 1 is 0.875 bits per heavy atom. The maximum atomic E-state index is 2.36. The van der Waals surface area contributed by atoms with E-state index in [1.807, 2.05) is 0 Å². The quantitative estimate of drug-likeness (QED) is 0.659. The topological polar surface area (TPSA) is 0 Å². The van der Waals surface area contributed by atoms with E-state index in [0.29, 0.717) is 5.92 Å². The molecule has 2 aromatic heterocycles. The van der Waals surface area contributed by atoms with E-state index in [9.17, 15) is 0 Å². The fourth-order valence-electron chi connectivity index (χ4n) is 2.13. The summed E-state index contributed by atoms with van der Waals surface area (Å²) in [6.07, 6.45) is 3.55. The molecular formula is C14H12P2. The standard InChI is InChI=1S/C14H12P2/c1-2-14(12-5-9-16-10-6-12)13(1)11-3-7-15-8-4-11/h1,3-10,14H,2H2. The fourth-order valence-corrected chi connectivity index (χ4v) is 3.34. The van der Waals surface area contributed by atoms with Crippen molar-refractivity contribution in [2.75, 3.05) is 0 Å². The van der Waals surface area contributed by atoms with Gasteiger partial charge < -0.3 is 0 Å². The average Bonchev–Trinajstić information content (AvgIpc) is 2.30. The summed E-state index contributed by atoms with van der Waals surface area (Å²) in [7, 11) is 2.61. The van der Waals surface area contributed by atoms with Crippen molar-refractivity contribution in [2.24, 2.45) is 0 Å². The fraction of sp³-hybridized carbons (Fsp3) is 0.143. The van der Waals surface area contributed by atoms with Gasteiger partial charge in [0.25, 0.3) is 0 Å². The molecule has 0 nitrogen and oxygen atoms in total. The van der Waals surface area contributed by atoms with Crippen molar-refractivity contribution in [3.8, 4) is 0 Å². The molecule has 2 heterocycles. The Morgan fingerprint density at radius 2 is 1.50 bits per heavy atom. The van der Waals surface area contributed by atoms with Gasteiger partial charge >= 0.3 is 0 Å². The van der Waals surface area contributed by atoms with Crippen molar-refractivity contribution in [3.63, 3.8) is 0 Å². The Labute approximate surface area is 99.2 Å². The smallest absolute Gasteiger partial charge is 0.0127 e. The van der Waals surface area contributed by atoms with Gasteiger partial charge in [0.05, 0.1) is 0 Å². The predicted molar refractivity (Wildman–Crippen MR) is 73.2 cm³/mol. The minimum Gasteiger partial charge on any atom is -0.0791 e. The zero-order valence-corrected chi connectivity index (χ0v) is 10.7. The second kappa shape index (κ2) is 4.50. The van der Waals surface area contributed by atoms with Crippen LogP contribution in [0.2, 0.25) is 0 Å². The summed E-state index contributed by atoms with van der Waals surface area (Å²) in [5, 5.41) is 0. The third-order valence-corrected chi connectivity index (χ3v) is 4.36. The molecule has 16 heavy (non-hydrogen) atoms. The van der Waals surface area contributed by atoms with Gasteiger partial charge in [-0.3, -0.25) is 0 Å². The van der Waals surface area contributed by atoms with Crippen LogP contribution in [-0.4, -0.2) is 0 Å². The molecular weight excluding hydrogens is 230 g/mol. The van der Waals surface area contributed by atoms with Crippen molar-refractivity contribution < 1.29 is 0 Å². The minimum atomic E-state index is 0.627. The first-order valence-electron chi connectivity index (χ1n) is 5.45. The number of allylic oxidation sites excluding steroid dienone is 2. The molecule has 1 aliphatic rings. The van der Waals surface area contributed by atoms with Crippen LogP contribution in [0, 0.1) is 0 Å². The lowest BCUT2D eigenvalue weighted by molar-refractivity contribution is 0.822. The van der Waals surface area contributed by atoms with Crippen LogP contribution in [0.4, 0.5) is 0 Å². The van der Waals surface area contributed by atoms with E-state index in [1.54, 1.807) is 0 Å². The van der Waals surface area contributed by atoms with Crippen molar-refractivity contribution in [1.82, 2.24) is 0 Å². The van der Waals surface area contributed by atoms with Crippen LogP contribution in [0.3, 0.4) is 0 Å². The number of rotatable bonds is 2. The van der Waals surface area contributed by atoms with E-state index in [0.717, 1.165) is 0 Å². The van der Waals surface area contributed by atoms with Crippen LogP contribution in [0.25, 0.3) is 5.57 Å². The van der Waals surface area contributed by atoms with E-state index in [4.69, 9.17) is 0 Å². The summed E-state index contributed by atoms with van der Waals surface area (Å²) in [6.45, 7) is 0. The van der Waals surface area contributed by atoms with Crippen LogP contribution < -0.4 is 0 Å². The summed E-state index contributed by atoms with van der Waals surface area (Å²) < 4.78 is 0. The highest BCUT2D eigenvalue weighted by molar-refractivity contribution is 7.28. The Bertz CT molecular complexity index is 503. The molecule has 0 saturated carbocycles. The number of hydrogen-bond donors (Lipinski definition) is 0. The number of hydrogen-bond acceptors (Lipinski definition) is 0. The van der Waals surface area contributed by atoms with Gasteiger partial charge in [-0.25, -0.2) is 0 Å². The van der Waals surface area contributed by atoms with Crippen molar-refractivity contribution in [2.45, 2.75) is 12.3 Å². The normalized spacial score (nSPS) is 18.8. The van der Waals surface area contributed by atoms with Crippen LogP contribution in [0.5, 0.6) is 0 Å². The highest BCUT2D eigenvalue weighted by Gasteiger charge is 2.23. The van der Waals surface area contributed by atoms with Crippen LogP contribution in [0.15, 0.2) is 53.5 Å². The molecule has 0 radical (unpaired) electrons. The molecule has 0 bridgehead atoms. The first kappa shape index (κ1) is 10.2. The van der Waals surface area contributed by atoms with Gasteiger partial charge in [0.2, 0.25) is 0 Å². The van der Waals surface area contributed by atoms with E-state index in [2.05, 4.69) is 53.5 Å². The Balaban J connectivity index is 1.91. The average molecular weight is 242 g/mol. The van der Waals surface area contributed by atoms with Crippen LogP contribution >= 0.6 is 16.4 Å². The van der Waals surface area contributed by atoms with Crippen LogP contribution in [-0.2, 0) is 0 Å². The molecule has 0 spiro atoms. The lowest BCUT2D eigenvalue weighted by Gasteiger charge is -2.28. The van der Waals surface area contributed by atoms with Crippen molar-refractivity contribution in [3.05, 3.63) is 64.7 Å². The highest BCUT2D eigenvalue weighted by Crippen LogP contribution is 2.43. The molecule has 1 unspecified atom stereocenters. The molecule has 0 fully saturated rings. The van der Waals surface area contributed by atoms with Gasteiger partial charge in [0.15, 0.2) is 0 Å². The second-order valence-electron chi connectivity index (χ2n) is 3.96. The molecule has 1 atom stereocenters. The summed E-state index contributed by atoms with van der Waals surface area (Å²) in [6, 6.07) is 9.03. The van der Waals surface area contributed by atoms with E-state index >= 15 is 0 Å². The van der Waals surface area contributed by atoms with Gasteiger partial charge in [0, 0.05) is 5.92 Å². The summed E-state index contributed by atoms with van der Waals surface area (Å²) in [5.74, 6) is 9.49. The minimum absolute atomic E-state index is 0.627. The molecule has 0 N–H and O–H groups in total. The van der Waals surface area contributed by atoms with E-state index < -0.39 is 0 Å². The lowest BCUT2D eigenvalue weighted by Crippen LogP contribution is -2.08. The first-order chi connectivity index (χ1) is 7.95. The summed E-state index contributed by atoms with van der Waals surface area (Å²) in [5.41, 5.74) is 4.37. The lowest BCUT2D eigenvalue weighted by atomic mass is 9.77. The molecule has 78 valence electrons. The molecule has 0 saturated heterocycles. The maximum Gasteiger partial charge on any atom is 0.0127 e. The van der Waals surface area contributed by atoms with Crippen molar-refractivity contribution in [1.29, 1.82) is 0 Å². The molecule has 1 aliphatic carbocycles. The van der Waals surface area contributed by atoms with Crippen LogP contribution in [0.1, 0.15) is 23.5 Å². The molecule has 0 aromatic carbocycles. The first-order valence-corrected chi connectivity index (χ1v) is 7.52. The van der Waals surface area contributed by atoms with Gasteiger partial charge in [0.1, 0.15) is 0 Å². The summed E-state index contributed by atoms with van der Waals surface area (Å²) in [4.78, 5) is 0. The van der Waals surface area contributed by atoms with Gasteiger partial charge in [-0.05, 0) is 46.3 Å². The zero-order chi connectivity index (χ0) is 10.8. The van der Waals surface area contributed by atoms with Gasteiger partial charge in [-0.1, -0.05) is 46.7 Å². The maximum absolute atomic E-state index is 2.36. The molecule has 2 aromatic rings. The monoisotopic (exact) mass is 242 g/mol. The summed E-state index contributed by atoms with van der Waals surface area (Å²) >= 11 is 0. The third-order valence-electron chi connectivity index (χ3n) is 3.07. The molecule has 0 amide bonds. The molecule has 2 heteroatoms. The van der Waals surface area contributed by atoms with E-state index in [-0.39, 0.29) is 0 Å². The third kappa shape index (κ3) is 1.84. The highest BCUT2D eigenvalue weighted by atomic mass is 31.0. The SMILES string of the molecule is C1=C(c2ccpcc2)C(c2ccpcc2)C1. The largest absolute Gasteiger partial charge is 0.0791 e. The molecule has 0 aliphatic heterocycles. The van der Waals surface area contributed by atoms with Crippen molar-refractivity contribution >= 4 is 22.0 Å². The van der Waals surface area contributed by atoms with E-state index in [1.165, 1.54) is 39.5 Å². The predicted octanol–water partition coefficient (Wildman–Crippen LogP) is 5.42. The Morgan fingerprint density at radius 3 is 2.06 bits per heavy atom.